The van der Waals surface area contributed by atoms with E-state index in [-0.39, 0.29) is 31.6 Å². The molecule has 1 rings (SSSR count). The average molecular weight is 312 g/mol. The summed E-state index contributed by atoms with van der Waals surface area (Å²) in [5.74, 6) is 0.392. The number of hydrogen-bond donors (Lipinski definition) is 2. The molecule has 0 aromatic heterocycles. The Kier molecular flexibility index (Phi) is 7.60. The number of alkyl halides is 2. The molecule has 1 aliphatic heterocycles. The molecule has 0 aliphatic carbocycles. The standard InChI is InChI=1S/C11H18F2N2O4S/c12-9(13)6-19-3-1-14-11(18)15-2-4-20-7-8(15)5-10(16)17/h8-9H,1-7H2,(H,14,18)(H,16,17). The highest BCUT2D eigenvalue weighted by atomic mass is 32.2. The number of amides is 2. The van der Waals surface area contributed by atoms with Crippen LogP contribution in [0.5, 0.6) is 0 Å². The molecule has 6 nitrogen and oxygen atoms in total. The molecule has 1 heterocycles. The van der Waals surface area contributed by atoms with Gasteiger partial charge < -0.3 is 20.1 Å². The van der Waals surface area contributed by atoms with E-state index in [9.17, 15) is 18.4 Å². The number of thioether (sulfide) groups is 1. The number of rotatable bonds is 7. The van der Waals surface area contributed by atoms with E-state index in [4.69, 9.17) is 5.11 Å². The first-order valence-electron chi connectivity index (χ1n) is 6.20. The monoisotopic (exact) mass is 312 g/mol. The van der Waals surface area contributed by atoms with Crippen molar-refractivity contribution >= 4 is 23.8 Å². The average Bonchev–Trinajstić information content (AvgIpc) is 2.37. The molecular weight excluding hydrogens is 294 g/mol. The molecule has 1 fully saturated rings. The fourth-order valence-corrected chi connectivity index (χ4v) is 2.86. The normalized spacial score (nSPS) is 19.1. The van der Waals surface area contributed by atoms with Crippen molar-refractivity contribution < 1.29 is 28.2 Å². The molecule has 9 heteroatoms. The lowest BCUT2D eigenvalue weighted by atomic mass is 10.2. The first-order valence-corrected chi connectivity index (χ1v) is 7.36. The van der Waals surface area contributed by atoms with Crippen LogP contribution in [0.25, 0.3) is 0 Å². The Morgan fingerprint density at radius 2 is 2.25 bits per heavy atom. The van der Waals surface area contributed by atoms with Crippen molar-refractivity contribution in [3.63, 3.8) is 0 Å². The highest BCUT2D eigenvalue weighted by molar-refractivity contribution is 7.99. The van der Waals surface area contributed by atoms with Gasteiger partial charge in [0, 0.05) is 24.6 Å². The van der Waals surface area contributed by atoms with Crippen LogP contribution in [-0.2, 0) is 9.53 Å². The molecule has 0 radical (unpaired) electrons. The van der Waals surface area contributed by atoms with Crippen LogP contribution in [-0.4, -0.2) is 72.3 Å². The lowest BCUT2D eigenvalue weighted by Gasteiger charge is -2.34. The van der Waals surface area contributed by atoms with Gasteiger partial charge in [-0.2, -0.15) is 11.8 Å². The van der Waals surface area contributed by atoms with Crippen molar-refractivity contribution in [2.24, 2.45) is 0 Å². The van der Waals surface area contributed by atoms with Crippen LogP contribution in [0, 0.1) is 0 Å². The van der Waals surface area contributed by atoms with E-state index in [1.165, 1.54) is 4.90 Å². The number of nitrogens with one attached hydrogen (secondary N) is 1. The van der Waals surface area contributed by atoms with Crippen LogP contribution in [0.1, 0.15) is 6.42 Å². The molecule has 0 bridgehead atoms. The van der Waals surface area contributed by atoms with Gasteiger partial charge in [-0.25, -0.2) is 13.6 Å². The van der Waals surface area contributed by atoms with Crippen molar-refractivity contribution in [1.29, 1.82) is 0 Å². The van der Waals surface area contributed by atoms with E-state index in [0.29, 0.717) is 12.3 Å². The van der Waals surface area contributed by atoms with Crippen LogP contribution in [0.2, 0.25) is 0 Å². The number of aliphatic carboxylic acids is 1. The molecule has 0 spiro atoms. The van der Waals surface area contributed by atoms with E-state index >= 15 is 0 Å². The van der Waals surface area contributed by atoms with Gasteiger partial charge in [0.05, 0.1) is 19.1 Å². The third kappa shape index (κ3) is 6.38. The van der Waals surface area contributed by atoms with Crippen molar-refractivity contribution in [3.05, 3.63) is 0 Å². The highest BCUT2D eigenvalue weighted by Gasteiger charge is 2.28. The van der Waals surface area contributed by atoms with E-state index in [2.05, 4.69) is 10.1 Å². The van der Waals surface area contributed by atoms with E-state index in [1.807, 2.05) is 0 Å². The summed E-state index contributed by atoms with van der Waals surface area (Å²) in [6.07, 6.45) is -2.62. The summed E-state index contributed by atoms with van der Waals surface area (Å²) in [5, 5.41) is 11.3. The Bertz CT molecular complexity index is 334. The second kappa shape index (κ2) is 8.96. The van der Waals surface area contributed by atoms with Crippen molar-refractivity contribution in [1.82, 2.24) is 10.2 Å². The highest BCUT2D eigenvalue weighted by Crippen LogP contribution is 2.18. The summed E-state index contributed by atoms with van der Waals surface area (Å²) in [6, 6.07) is -0.717. The van der Waals surface area contributed by atoms with Gasteiger partial charge in [0.25, 0.3) is 6.43 Å². The van der Waals surface area contributed by atoms with E-state index in [1.54, 1.807) is 11.8 Å². The molecule has 1 saturated heterocycles. The van der Waals surface area contributed by atoms with Gasteiger partial charge in [-0.05, 0) is 0 Å². The Labute approximate surface area is 119 Å². The minimum absolute atomic E-state index is 0.00225. The summed E-state index contributed by atoms with van der Waals surface area (Å²) in [4.78, 5) is 24.1. The number of hydrogen-bond acceptors (Lipinski definition) is 4. The van der Waals surface area contributed by atoms with Gasteiger partial charge in [-0.15, -0.1) is 0 Å². The number of carboxylic acids is 1. The maximum Gasteiger partial charge on any atom is 0.317 e. The van der Waals surface area contributed by atoms with Crippen molar-refractivity contribution in [2.45, 2.75) is 18.9 Å². The number of ether oxygens (including phenoxy) is 1. The molecular formula is C11H18F2N2O4S. The third-order valence-electron chi connectivity index (χ3n) is 2.67. The molecule has 0 aromatic carbocycles. The summed E-state index contributed by atoms with van der Waals surface area (Å²) in [6.45, 7) is -0.0541. The van der Waals surface area contributed by atoms with E-state index in [0.717, 1.165) is 5.75 Å². The Morgan fingerprint density at radius 3 is 2.90 bits per heavy atom. The van der Waals surface area contributed by atoms with Crippen molar-refractivity contribution in [2.75, 3.05) is 37.8 Å². The summed E-state index contributed by atoms with van der Waals surface area (Å²) >= 11 is 1.61. The fourth-order valence-electron chi connectivity index (χ4n) is 1.80. The number of carboxylic acid groups (broad SMARTS) is 1. The molecule has 2 amide bonds. The van der Waals surface area contributed by atoms with Gasteiger partial charge in [-0.3, -0.25) is 4.79 Å². The summed E-state index contributed by atoms with van der Waals surface area (Å²) < 4.78 is 28.3. The van der Waals surface area contributed by atoms with Crippen LogP contribution < -0.4 is 5.32 Å². The third-order valence-corrected chi connectivity index (χ3v) is 3.76. The van der Waals surface area contributed by atoms with E-state index < -0.39 is 19.0 Å². The predicted octanol–water partition coefficient (Wildman–Crippen LogP) is 0.870. The quantitative estimate of drug-likeness (QED) is 0.682. The Hall–Kier alpha value is -1.09. The van der Waals surface area contributed by atoms with Gasteiger partial charge in [0.1, 0.15) is 6.61 Å². The van der Waals surface area contributed by atoms with Gasteiger partial charge in [-0.1, -0.05) is 0 Å². The minimum Gasteiger partial charge on any atom is -0.481 e. The molecule has 0 aromatic rings. The maximum atomic E-state index is 11.9. The summed E-state index contributed by atoms with van der Waals surface area (Å²) in [5.41, 5.74) is 0. The molecule has 0 saturated carbocycles. The second-order valence-corrected chi connectivity index (χ2v) is 5.37. The summed E-state index contributed by atoms with van der Waals surface area (Å²) in [7, 11) is 0. The van der Waals surface area contributed by atoms with Crippen molar-refractivity contribution in [3.8, 4) is 0 Å². The fraction of sp³-hybridized carbons (Fsp3) is 0.818. The zero-order valence-electron chi connectivity index (χ0n) is 10.9. The lowest BCUT2D eigenvalue weighted by Crippen LogP contribution is -2.51. The molecule has 1 atom stereocenters. The first kappa shape index (κ1) is 17.0. The molecule has 116 valence electrons. The number of carbonyl (C=O) groups is 2. The molecule has 1 unspecified atom stereocenters. The maximum absolute atomic E-state index is 11.9. The molecule has 2 N–H and O–H groups in total. The lowest BCUT2D eigenvalue weighted by molar-refractivity contribution is -0.138. The largest absolute Gasteiger partial charge is 0.481 e. The van der Waals surface area contributed by atoms with Crippen LogP contribution in [0.4, 0.5) is 13.6 Å². The molecule has 20 heavy (non-hydrogen) atoms. The second-order valence-electron chi connectivity index (χ2n) is 4.22. The van der Waals surface area contributed by atoms with Crippen LogP contribution >= 0.6 is 11.8 Å². The Morgan fingerprint density at radius 1 is 1.50 bits per heavy atom. The zero-order chi connectivity index (χ0) is 15.0. The van der Waals surface area contributed by atoms with Crippen LogP contribution in [0.3, 0.4) is 0 Å². The first-order chi connectivity index (χ1) is 9.50. The molecule has 1 aliphatic rings. The van der Waals surface area contributed by atoms with Crippen LogP contribution in [0.15, 0.2) is 0 Å². The minimum atomic E-state index is -2.52. The SMILES string of the molecule is O=C(O)CC1CSCCN1C(=O)NCCOCC(F)F. The number of urea groups is 1. The van der Waals surface area contributed by atoms with Gasteiger partial charge >= 0.3 is 12.0 Å². The number of carbonyl (C=O) groups excluding carboxylic acids is 1. The number of halogens is 2. The van der Waals surface area contributed by atoms with Gasteiger partial charge in [0.2, 0.25) is 0 Å². The topological polar surface area (TPSA) is 78.9 Å². The number of nitrogens with zero attached hydrogens (tertiary/aromatic N) is 1. The Balaban J connectivity index is 2.30. The van der Waals surface area contributed by atoms with Gasteiger partial charge in [0.15, 0.2) is 0 Å². The zero-order valence-corrected chi connectivity index (χ0v) is 11.7. The predicted molar refractivity (Wildman–Crippen MR) is 70.3 cm³/mol. The smallest absolute Gasteiger partial charge is 0.317 e.